The van der Waals surface area contributed by atoms with Crippen LogP contribution in [0.4, 0.5) is 17.1 Å². The molecule has 0 saturated heterocycles. The summed E-state index contributed by atoms with van der Waals surface area (Å²) in [6.07, 6.45) is 3.11. The molecule has 1 amide bonds. The van der Waals surface area contributed by atoms with Crippen molar-refractivity contribution in [1.82, 2.24) is 0 Å². The summed E-state index contributed by atoms with van der Waals surface area (Å²) in [5.41, 5.74) is 7.21. The molecule has 106 valence electrons. The molecule has 1 heterocycles. The van der Waals surface area contributed by atoms with Crippen molar-refractivity contribution >= 4 is 57.5 Å². The van der Waals surface area contributed by atoms with Crippen molar-refractivity contribution in [2.75, 3.05) is 5.32 Å². The van der Waals surface area contributed by atoms with Gasteiger partial charge in [-0.05, 0) is 25.3 Å². The number of amides is 1. The maximum Gasteiger partial charge on any atom is 0.226 e. The molecule has 1 aliphatic heterocycles. The first-order chi connectivity index (χ1) is 9.48. The molecule has 0 radical (unpaired) electrons. The zero-order valence-electron chi connectivity index (χ0n) is 10.4. The number of halogens is 2. The Hall–Kier alpha value is -0.950. The topological polar surface area (TPSA) is 79.8 Å². The number of anilines is 1. The van der Waals surface area contributed by atoms with Crippen LogP contribution in [-0.2, 0) is 16.1 Å². The summed E-state index contributed by atoms with van der Waals surface area (Å²) < 4.78 is 8.23. The van der Waals surface area contributed by atoms with Gasteiger partial charge >= 0.3 is 0 Å². The first-order valence-electron chi connectivity index (χ1n) is 6.17. The van der Waals surface area contributed by atoms with Gasteiger partial charge in [0.1, 0.15) is 11.4 Å². The fourth-order valence-electron chi connectivity index (χ4n) is 2.30. The number of carbonyl (C=O) groups is 1. The third-order valence-electron chi connectivity index (χ3n) is 3.57. The molecule has 1 aliphatic carbocycles. The summed E-state index contributed by atoms with van der Waals surface area (Å²) in [5.74, 6) is -0.161. The monoisotopic (exact) mass is 330 g/mol. The van der Waals surface area contributed by atoms with E-state index in [9.17, 15) is 4.79 Å². The first kappa shape index (κ1) is 14.0. The van der Waals surface area contributed by atoms with Gasteiger partial charge in [0.25, 0.3) is 0 Å². The lowest BCUT2D eigenvalue weighted by molar-refractivity contribution is -0.118. The van der Waals surface area contributed by atoms with Gasteiger partial charge in [0, 0.05) is 12.0 Å². The smallest absolute Gasteiger partial charge is 0.226 e. The van der Waals surface area contributed by atoms with Crippen LogP contribution in [0.3, 0.4) is 0 Å². The quantitative estimate of drug-likeness (QED) is 0.893. The molecule has 3 rings (SSSR count). The summed E-state index contributed by atoms with van der Waals surface area (Å²) >= 11 is 13.2. The SMILES string of the molecule is NC1(CC(=O)Nc2c(Cl)cc(Cl)c3c2N=S=N3)CCC1. The number of hydrogen-bond acceptors (Lipinski definition) is 4. The lowest BCUT2D eigenvalue weighted by Crippen LogP contribution is -2.48. The molecule has 1 aromatic carbocycles. The molecule has 0 bridgehead atoms. The first-order valence-corrected chi connectivity index (χ1v) is 7.66. The third kappa shape index (κ3) is 2.48. The molecule has 3 N–H and O–H groups in total. The van der Waals surface area contributed by atoms with E-state index < -0.39 is 0 Å². The van der Waals surface area contributed by atoms with Crippen LogP contribution < -0.4 is 11.1 Å². The second kappa shape index (κ2) is 5.11. The van der Waals surface area contributed by atoms with Crippen LogP contribution in [0, 0.1) is 0 Å². The highest BCUT2D eigenvalue weighted by Crippen LogP contribution is 2.47. The molecular weight excluding hydrogens is 319 g/mol. The second-order valence-corrected chi connectivity index (χ2v) is 6.46. The molecule has 5 nitrogen and oxygen atoms in total. The van der Waals surface area contributed by atoms with Crippen LogP contribution in [0.1, 0.15) is 25.7 Å². The van der Waals surface area contributed by atoms with Gasteiger partial charge in [-0.2, -0.15) is 8.73 Å². The summed E-state index contributed by atoms with van der Waals surface area (Å²) in [7, 11) is 0. The van der Waals surface area contributed by atoms with E-state index >= 15 is 0 Å². The molecule has 0 unspecified atom stereocenters. The average Bonchev–Trinajstić information content (AvgIpc) is 2.82. The lowest BCUT2D eigenvalue weighted by Gasteiger charge is -2.37. The van der Waals surface area contributed by atoms with Gasteiger partial charge < -0.3 is 11.1 Å². The molecule has 1 aromatic rings. The van der Waals surface area contributed by atoms with Gasteiger partial charge in [-0.3, -0.25) is 4.79 Å². The summed E-state index contributed by atoms with van der Waals surface area (Å²) in [5, 5.41) is 3.56. The minimum absolute atomic E-state index is 0.161. The van der Waals surface area contributed by atoms with Crippen molar-refractivity contribution in [2.45, 2.75) is 31.2 Å². The van der Waals surface area contributed by atoms with Gasteiger partial charge in [-0.15, -0.1) is 0 Å². The van der Waals surface area contributed by atoms with Crippen LogP contribution in [0.2, 0.25) is 10.0 Å². The number of nitrogens with zero attached hydrogens (tertiary/aromatic N) is 2. The van der Waals surface area contributed by atoms with Crippen molar-refractivity contribution in [3.05, 3.63) is 16.1 Å². The normalized spacial score (nSPS) is 18.1. The minimum Gasteiger partial charge on any atom is -0.325 e. The summed E-state index contributed by atoms with van der Waals surface area (Å²) in [6, 6.07) is 1.56. The number of nitrogens with two attached hydrogens (primary N) is 1. The fourth-order valence-corrected chi connectivity index (χ4v) is 3.46. The largest absolute Gasteiger partial charge is 0.325 e. The van der Waals surface area contributed by atoms with E-state index in [0.717, 1.165) is 30.6 Å². The summed E-state index contributed by atoms with van der Waals surface area (Å²) in [4.78, 5) is 12.1. The highest BCUT2D eigenvalue weighted by Gasteiger charge is 2.35. The Balaban J connectivity index is 1.83. The van der Waals surface area contributed by atoms with Crippen molar-refractivity contribution in [1.29, 1.82) is 0 Å². The Kier molecular flexibility index (Phi) is 3.58. The van der Waals surface area contributed by atoms with Crippen molar-refractivity contribution in [2.24, 2.45) is 14.5 Å². The number of nitrogens with one attached hydrogen (secondary N) is 1. The van der Waals surface area contributed by atoms with Gasteiger partial charge in [0.15, 0.2) is 0 Å². The van der Waals surface area contributed by atoms with E-state index in [1.54, 1.807) is 6.07 Å². The number of benzene rings is 1. The number of hydrogen-bond donors (Lipinski definition) is 2. The van der Waals surface area contributed by atoms with Gasteiger partial charge in [-0.1, -0.05) is 23.2 Å². The van der Waals surface area contributed by atoms with Gasteiger partial charge in [0.05, 0.1) is 27.1 Å². The number of rotatable bonds is 3. The van der Waals surface area contributed by atoms with E-state index in [2.05, 4.69) is 14.0 Å². The molecule has 0 spiro atoms. The Morgan fingerprint density at radius 2 is 2.05 bits per heavy atom. The predicted molar refractivity (Wildman–Crippen MR) is 82.0 cm³/mol. The lowest BCUT2D eigenvalue weighted by atomic mass is 9.75. The van der Waals surface area contributed by atoms with Crippen molar-refractivity contribution in [3.63, 3.8) is 0 Å². The molecule has 1 saturated carbocycles. The Morgan fingerprint density at radius 1 is 1.35 bits per heavy atom. The van der Waals surface area contributed by atoms with Crippen LogP contribution in [0.15, 0.2) is 14.8 Å². The van der Waals surface area contributed by atoms with E-state index in [0.29, 0.717) is 27.1 Å². The fraction of sp³-hybridized carbons (Fsp3) is 0.417. The highest BCUT2D eigenvalue weighted by atomic mass is 35.5. The number of carbonyl (C=O) groups excluding carboxylic acids is 1. The van der Waals surface area contributed by atoms with Crippen LogP contribution >= 0.6 is 23.2 Å². The van der Waals surface area contributed by atoms with E-state index in [1.807, 2.05) is 0 Å². The standard InChI is InChI=1S/C12H12Cl2N4OS/c13-6-4-7(14)10-11(18-20-17-10)9(6)16-8(19)5-12(15)2-1-3-12/h4H,1-3,5,15H2,(H,16,19). The maximum atomic E-state index is 12.1. The second-order valence-electron chi connectivity index (χ2n) is 5.12. The van der Waals surface area contributed by atoms with E-state index in [4.69, 9.17) is 28.9 Å². The predicted octanol–water partition coefficient (Wildman–Crippen LogP) is 3.93. The van der Waals surface area contributed by atoms with Crippen LogP contribution in [-0.4, -0.2) is 11.4 Å². The van der Waals surface area contributed by atoms with E-state index in [-0.39, 0.29) is 17.9 Å². The Bertz CT molecular complexity index is 666. The van der Waals surface area contributed by atoms with Gasteiger partial charge in [0.2, 0.25) is 5.91 Å². The van der Waals surface area contributed by atoms with Crippen LogP contribution in [0.5, 0.6) is 0 Å². The molecule has 20 heavy (non-hydrogen) atoms. The highest BCUT2D eigenvalue weighted by molar-refractivity contribution is 7.58. The molecule has 8 heteroatoms. The van der Waals surface area contributed by atoms with Gasteiger partial charge in [-0.25, -0.2) is 0 Å². The molecule has 0 atom stereocenters. The van der Waals surface area contributed by atoms with Crippen molar-refractivity contribution < 1.29 is 4.79 Å². The molecular formula is C12H12Cl2N4OS. The van der Waals surface area contributed by atoms with Crippen molar-refractivity contribution in [3.8, 4) is 0 Å². The average molecular weight is 331 g/mol. The zero-order chi connectivity index (χ0) is 14.3. The zero-order valence-corrected chi connectivity index (χ0v) is 12.8. The van der Waals surface area contributed by atoms with Crippen LogP contribution in [0.25, 0.3) is 0 Å². The minimum atomic E-state index is -0.373. The molecule has 1 fully saturated rings. The Morgan fingerprint density at radius 3 is 2.70 bits per heavy atom. The summed E-state index contributed by atoms with van der Waals surface area (Å²) in [6.45, 7) is 0. The number of fused-ring (bicyclic) bond motifs is 1. The molecule has 0 aromatic heterocycles. The van der Waals surface area contributed by atoms with E-state index in [1.165, 1.54) is 0 Å². The third-order valence-corrected chi connectivity index (χ3v) is 4.68. The molecule has 2 aliphatic rings. The maximum absolute atomic E-state index is 12.1. The Labute approximate surface area is 129 Å².